The van der Waals surface area contributed by atoms with Gasteiger partial charge < -0.3 is 9.47 Å². The van der Waals surface area contributed by atoms with Crippen LogP contribution in [0.2, 0.25) is 5.02 Å². The maximum atomic E-state index is 6.06. The fourth-order valence-electron chi connectivity index (χ4n) is 1.70. The quantitative estimate of drug-likeness (QED) is 0.696. The minimum Gasteiger partial charge on any atom is -0.488 e. The van der Waals surface area contributed by atoms with E-state index in [-0.39, 0.29) is 6.10 Å². The van der Waals surface area contributed by atoms with E-state index in [2.05, 4.69) is 22.9 Å². The average Bonchev–Trinajstić information content (AvgIpc) is 2.47. The number of benzene rings is 2. The van der Waals surface area contributed by atoms with Crippen molar-refractivity contribution in [2.75, 3.05) is 6.61 Å². The highest BCUT2D eigenvalue weighted by atomic mass is 79.9. The Morgan fingerprint density at radius 2 is 1.70 bits per heavy atom. The minimum atomic E-state index is -0.0232. The molecule has 0 N–H and O–H groups in total. The van der Waals surface area contributed by atoms with Crippen LogP contribution in [0.25, 0.3) is 0 Å². The number of para-hydroxylation sites is 2. The lowest BCUT2D eigenvalue weighted by molar-refractivity contribution is 0.124. The van der Waals surface area contributed by atoms with Gasteiger partial charge in [0.15, 0.2) is 0 Å². The molecular weight excluding hydrogens is 340 g/mol. The van der Waals surface area contributed by atoms with Crippen molar-refractivity contribution in [2.24, 2.45) is 0 Å². The molecule has 0 radical (unpaired) electrons. The minimum absolute atomic E-state index is 0.0232. The summed E-state index contributed by atoms with van der Waals surface area (Å²) in [5.74, 6) is 1.51. The second kappa shape index (κ2) is 7.55. The zero-order valence-corrected chi connectivity index (χ0v) is 13.5. The van der Waals surface area contributed by atoms with Crippen LogP contribution >= 0.6 is 27.5 Å². The Bertz CT molecular complexity index is 560. The monoisotopic (exact) mass is 354 g/mol. The highest BCUT2D eigenvalue weighted by molar-refractivity contribution is 9.10. The van der Waals surface area contributed by atoms with Gasteiger partial charge in [-0.05, 0) is 46.6 Å². The van der Waals surface area contributed by atoms with Crippen molar-refractivity contribution >= 4 is 27.5 Å². The van der Waals surface area contributed by atoms with Gasteiger partial charge in [0.25, 0.3) is 0 Å². The van der Waals surface area contributed by atoms with Gasteiger partial charge in [0, 0.05) is 0 Å². The largest absolute Gasteiger partial charge is 0.488 e. The molecule has 106 valence electrons. The van der Waals surface area contributed by atoms with Crippen molar-refractivity contribution in [3.05, 3.63) is 58.0 Å². The standard InChI is InChI=1S/C16H16BrClO2/c1-2-12(20-15-9-5-3-7-13(15)17)11-19-16-10-6-4-8-14(16)18/h3-10,12H,2,11H2,1H3. The fraction of sp³-hybridized carbons (Fsp3) is 0.250. The molecule has 0 spiro atoms. The SMILES string of the molecule is CCC(COc1ccccc1Cl)Oc1ccccc1Br. The smallest absolute Gasteiger partial charge is 0.138 e. The number of ether oxygens (including phenoxy) is 2. The summed E-state index contributed by atoms with van der Waals surface area (Å²) in [4.78, 5) is 0. The van der Waals surface area contributed by atoms with Gasteiger partial charge in [-0.25, -0.2) is 0 Å². The summed E-state index contributed by atoms with van der Waals surface area (Å²) in [6.07, 6.45) is 0.830. The highest BCUT2D eigenvalue weighted by Gasteiger charge is 2.12. The molecule has 4 heteroatoms. The van der Waals surface area contributed by atoms with Crippen LogP contribution in [-0.2, 0) is 0 Å². The average molecular weight is 356 g/mol. The van der Waals surface area contributed by atoms with Crippen molar-refractivity contribution in [3.8, 4) is 11.5 Å². The van der Waals surface area contributed by atoms with Gasteiger partial charge >= 0.3 is 0 Å². The lowest BCUT2D eigenvalue weighted by atomic mass is 10.3. The number of hydrogen-bond donors (Lipinski definition) is 0. The van der Waals surface area contributed by atoms with Gasteiger partial charge in [0.2, 0.25) is 0 Å². The third-order valence-electron chi connectivity index (χ3n) is 2.85. The second-order valence-corrected chi connectivity index (χ2v) is 5.58. The molecule has 1 unspecified atom stereocenters. The second-order valence-electron chi connectivity index (χ2n) is 4.32. The zero-order valence-electron chi connectivity index (χ0n) is 11.2. The molecule has 0 aliphatic rings. The van der Waals surface area contributed by atoms with Crippen molar-refractivity contribution in [1.82, 2.24) is 0 Å². The Morgan fingerprint density at radius 3 is 2.35 bits per heavy atom. The van der Waals surface area contributed by atoms with Crippen molar-refractivity contribution in [2.45, 2.75) is 19.4 Å². The molecule has 0 aliphatic carbocycles. The molecule has 0 aromatic heterocycles. The Balaban J connectivity index is 1.96. The van der Waals surface area contributed by atoms with E-state index >= 15 is 0 Å². The molecule has 0 bridgehead atoms. The van der Waals surface area contributed by atoms with Crippen LogP contribution in [0.1, 0.15) is 13.3 Å². The number of halogens is 2. The molecule has 2 aromatic rings. The Hall–Kier alpha value is -1.19. The van der Waals surface area contributed by atoms with E-state index in [4.69, 9.17) is 21.1 Å². The summed E-state index contributed by atoms with van der Waals surface area (Å²) in [5.41, 5.74) is 0. The van der Waals surface area contributed by atoms with E-state index < -0.39 is 0 Å². The van der Waals surface area contributed by atoms with Crippen LogP contribution in [-0.4, -0.2) is 12.7 Å². The zero-order chi connectivity index (χ0) is 14.4. The molecular formula is C16H16BrClO2. The summed E-state index contributed by atoms with van der Waals surface area (Å²) in [7, 11) is 0. The molecule has 0 heterocycles. The maximum Gasteiger partial charge on any atom is 0.138 e. The van der Waals surface area contributed by atoms with E-state index in [1.54, 1.807) is 0 Å². The number of rotatable bonds is 6. The topological polar surface area (TPSA) is 18.5 Å². The van der Waals surface area contributed by atoms with Crippen molar-refractivity contribution in [3.63, 3.8) is 0 Å². The van der Waals surface area contributed by atoms with Crippen molar-refractivity contribution in [1.29, 1.82) is 0 Å². The summed E-state index contributed by atoms with van der Waals surface area (Å²) >= 11 is 9.54. The van der Waals surface area contributed by atoms with Crippen LogP contribution in [0.15, 0.2) is 53.0 Å². The molecule has 2 aromatic carbocycles. The first-order chi connectivity index (χ1) is 9.70. The van der Waals surface area contributed by atoms with Gasteiger partial charge in [-0.2, -0.15) is 0 Å². The van der Waals surface area contributed by atoms with E-state index in [0.29, 0.717) is 17.4 Å². The lowest BCUT2D eigenvalue weighted by Gasteiger charge is -2.19. The first-order valence-corrected chi connectivity index (χ1v) is 7.66. The van der Waals surface area contributed by atoms with Gasteiger partial charge in [-0.15, -0.1) is 0 Å². The number of hydrogen-bond acceptors (Lipinski definition) is 2. The third-order valence-corrected chi connectivity index (χ3v) is 3.81. The Kier molecular flexibility index (Phi) is 5.74. The highest BCUT2D eigenvalue weighted by Crippen LogP contribution is 2.27. The van der Waals surface area contributed by atoms with Gasteiger partial charge in [0.05, 0.1) is 9.50 Å². The normalized spacial score (nSPS) is 11.9. The van der Waals surface area contributed by atoms with E-state index in [1.165, 1.54) is 0 Å². The Morgan fingerprint density at radius 1 is 1.05 bits per heavy atom. The van der Waals surface area contributed by atoms with Crippen LogP contribution in [0, 0.1) is 0 Å². The summed E-state index contributed by atoms with van der Waals surface area (Å²) in [6.45, 7) is 2.53. The molecule has 0 saturated carbocycles. The molecule has 0 fully saturated rings. The molecule has 0 aliphatic heterocycles. The predicted octanol–water partition coefficient (Wildman–Crippen LogP) is 5.34. The van der Waals surface area contributed by atoms with Crippen molar-refractivity contribution < 1.29 is 9.47 Å². The molecule has 2 nitrogen and oxygen atoms in total. The van der Waals surface area contributed by atoms with Crippen LogP contribution in [0.4, 0.5) is 0 Å². The first-order valence-electron chi connectivity index (χ1n) is 6.49. The van der Waals surface area contributed by atoms with Crippen LogP contribution in [0.5, 0.6) is 11.5 Å². The third kappa shape index (κ3) is 4.15. The molecule has 20 heavy (non-hydrogen) atoms. The van der Waals surface area contributed by atoms with E-state index in [9.17, 15) is 0 Å². The molecule has 1 atom stereocenters. The lowest BCUT2D eigenvalue weighted by Crippen LogP contribution is -2.24. The van der Waals surface area contributed by atoms with Crippen LogP contribution < -0.4 is 9.47 Å². The predicted molar refractivity (Wildman–Crippen MR) is 85.8 cm³/mol. The van der Waals surface area contributed by atoms with Gasteiger partial charge in [-0.3, -0.25) is 0 Å². The molecule has 0 amide bonds. The summed E-state index contributed by atoms with van der Waals surface area (Å²) < 4.78 is 12.6. The van der Waals surface area contributed by atoms with E-state index in [1.807, 2.05) is 48.5 Å². The fourth-order valence-corrected chi connectivity index (χ4v) is 2.27. The van der Waals surface area contributed by atoms with Gasteiger partial charge in [0.1, 0.15) is 24.2 Å². The molecule has 2 rings (SSSR count). The van der Waals surface area contributed by atoms with E-state index in [0.717, 1.165) is 16.6 Å². The first kappa shape index (κ1) is 15.2. The van der Waals surface area contributed by atoms with Gasteiger partial charge in [-0.1, -0.05) is 42.8 Å². The Labute approximate surface area is 132 Å². The summed E-state index contributed by atoms with van der Waals surface area (Å²) in [6, 6.07) is 15.2. The summed E-state index contributed by atoms with van der Waals surface area (Å²) in [5, 5.41) is 0.614. The maximum absolute atomic E-state index is 6.06. The van der Waals surface area contributed by atoms with Crippen LogP contribution in [0.3, 0.4) is 0 Å². The molecule has 0 saturated heterocycles.